The molecule has 0 radical (unpaired) electrons. The van der Waals surface area contributed by atoms with E-state index in [0.29, 0.717) is 6.04 Å². The van der Waals surface area contributed by atoms with Crippen molar-refractivity contribution in [2.45, 2.75) is 19.4 Å². The lowest BCUT2D eigenvalue weighted by Gasteiger charge is -2.18. The Balaban J connectivity index is 2.06. The predicted molar refractivity (Wildman–Crippen MR) is 60.9 cm³/mol. The fourth-order valence-corrected chi connectivity index (χ4v) is 1.99. The molecule has 1 aromatic carbocycles. The number of nitrogens with zero attached hydrogens (tertiary/aromatic N) is 1. The highest BCUT2D eigenvalue weighted by molar-refractivity contribution is 5.48. The van der Waals surface area contributed by atoms with Crippen molar-refractivity contribution in [3.05, 3.63) is 29.8 Å². The molecule has 2 heteroatoms. The molecular weight excluding hydrogens is 172 g/mol. The van der Waals surface area contributed by atoms with E-state index in [1.54, 1.807) is 0 Å². The summed E-state index contributed by atoms with van der Waals surface area (Å²) in [7, 11) is 2.04. The topological polar surface area (TPSA) is 15.3 Å². The van der Waals surface area contributed by atoms with Gasteiger partial charge in [-0.25, -0.2) is 0 Å². The van der Waals surface area contributed by atoms with Crippen LogP contribution in [-0.4, -0.2) is 26.2 Å². The van der Waals surface area contributed by atoms with Crippen LogP contribution in [0.5, 0.6) is 0 Å². The lowest BCUT2D eigenvalue weighted by molar-refractivity contribution is 0.617. The van der Waals surface area contributed by atoms with Crippen LogP contribution in [0.1, 0.15) is 12.0 Å². The quantitative estimate of drug-likeness (QED) is 0.765. The molecule has 1 aliphatic rings. The third-order valence-electron chi connectivity index (χ3n) is 3.00. The zero-order chi connectivity index (χ0) is 9.97. The molecule has 0 aliphatic carbocycles. The number of aryl methyl sites for hydroxylation is 1. The molecule has 14 heavy (non-hydrogen) atoms. The minimum atomic E-state index is 0.663. The second-order valence-corrected chi connectivity index (χ2v) is 4.06. The maximum Gasteiger partial charge on any atom is 0.0366 e. The first kappa shape index (κ1) is 9.53. The van der Waals surface area contributed by atoms with Crippen molar-refractivity contribution in [2.24, 2.45) is 0 Å². The molecule has 0 amide bonds. The molecule has 0 spiro atoms. The maximum atomic E-state index is 3.33. The van der Waals surface area contributed by atoms with E-state index in [1.807, 2.05) is 7.05 Å². The smallest absolute Gasteiger partial charge is 0.0366 e. The highest BCUT2D eigenvalue weighted by atomic mass is 15.2. The molecule has 1 saturated heterocycles. The van der Waals surface area contributed by atoms with Gasteiger partial charge in [0.05, 0.1) is 0 Å². The van der Waals surface area contributed by atoms with Gasteiger partial charge in [0.15, 0.2) is 0 Å². The van der Waals surface area contributed by atoms with E-state index in [0.717, 1.165) is 6.54 Å². The molecule has 1 atom stereocenters. The first-order chi connectivity index (χ1) is 6.79. The van der Waals surface area contributed by atoms with Crippen LogP contribution in [0.15, 0.2) is 24.3 Å². The molecule has 1 aromatic rings. The summed E-state index contributed by atoms with van der Waals surface area (Å²) in [5.41, 5.74) is 2.69. The summed E-state index contributed by atoms with van der Waals surface area (Å²) in [6.07, 6.45) is 1.25. The van der Waals surface area contributed by atoms with Gasteiger partial charge in [0, 0.05) is 24.8 Å². The normalized spacial score (nSPS) is 21.6. The Labute approximate surface area is 85.9 Å². The van der Waals surface area contributed by atoms with Crippen LogP contribution in [-0.2, 0) is 0 Å². The summed E-state index contributed by atoms with van der Waals surface area (Å²) in [6, 6.07) is 9.46. The second kappa shape index (κ2) is 4.01. The van der Waals surface area contributed by atoms with Crippen molar-refractivity contribution in [3.8, 4) is 0 Å². The van der Waals surface area contributed by atoms with Crippen molar-refractivity contribution in [3.63, 3.8) is 0 Å². The average Bonchev–Trinajstić information content (AvgIpc) is 2.67. The number of hydrogen-bond acceptors (Lipinski definition) is 2. The standard InChI is InChI=1S/C12H18N2/c1-10-3-5-12(6-4-10)14-8-7-11(9-14)13-2/h3-6,11,13H,7-9H2,1-2H3. The molecule has 1 aliphatic heterocycles. The van der Waals surface area contributed by atoms with Gasteiger partial charge in [-0.2, -0.15) is 0 Å². The zero-order valence-corrected chi connectivity index (χ0v) is 8.96. The number of nitrogens with one attached hydrogen (secondary N) is 1. The average molecular weight is 190 g/mol. The van der Waals surface area contributed by atoms with Crippen molar-refractivity contribution >= 4 is 5.69 Å². The Morgan fingerprint density at radius 2 is 2.00 bits per heavy atom. The lowest BCUT2D eigenvalue weighted by atomic mass is 10.2. The van der Waals surface area contributed by atoms with Crippen molar-refractivity contribution in [1.82, 2.24) is 5.32 Å². The molecule has 2 rings (SSSR count). The van der Waals surface area contributed by atoms with Crippen LogP contribution in [0.3, 0.4) is 0 Å². The second-order valence-electron chi connectivity index (χ2n) is 4.06. The molecule has 1 fully saturated rings. The third kappa shape index (κ3) is 1.90. The van der Waals surface area contributed by atoms with E-state index in [-0.39, 0.29) is 0 Å². The van der Waals surface area contributed by atoms with Gasteiger partial charge in [-0.05, 0) is 32.5 Å². The summed E-state index contributed by atoms with van der Waals surface area (Å²) >= 11 is 0. The van der Waals surface area contributed by atoms with Gasteiger partial charge in [0.25, 0.3) is 0 Å². The van der Waals surface area contributed by atoms with Gasteiger partial charge in [-0.15, -0.1) is 0 Å². The fourth-order valence-electron chi connectivity index (χ4n) is 1.99. The highest BCUT2D eigenvalue weighted by Crippen LogP contribution is 2.20. The molecule has 0 aromatic heterocycles. The van der Waals surface area contributed by atoms with E-state index in [2.05, 4.69) is 41.4 Å². The highest BCUT2D eigenvalue weighted by Gasteiger charge is 2.20. The number of benzene rings is 1. The molecule has 0 saturated carbocycles. The van der Waals surface area contributed by atoms with Gasteiger partial charge in [0.1, 0.15) is 0 Å². The van der Waals surface area contributed by atoms with Crippen molar-refractivity contribution in [1.29, 1.82) is 0 Å². The van der Waals surface area contributed by atoms with Crippen LogP contribution < -0.4 is 10.2 Å². The number of rotatable bonds is 2. The Morgan fingerprint density at radius 3 is 2.57 bits per heavy atom. The lowest BCUT2D eigenvalue weighted by Crippen LogP contribution is -2.29. The van der Waals surface area contributed by atoms with Crippen LogP contribution in [0.4, 0.5) is 5.69 Å². The van der Waals surface area contributed by atoms with Gasteiger partial charge in [-0.1, -0.05) is 17.7 Å². The zero-order valence-electron chi connectivity index (χ0n) is 8.96. The minimum absolute atomic E-state index is 0.663. The fraction of sp³-hybridized carbons (Fsp3) is 0.500. The predicted octanol–water partition coefficient (Wildman–Crippen LogP) is 1.79. The van der Waals surface area contributed by atoms with E-state index in [4.69, 9.17) is 0 Å². The van der Waals surface area contributed by atoms with Crippen molar-refractivity contribution in [2.75, 3.05) is 25.0 Å². The van der Waals surface area contributed by atoms with Gasteiger partial charge >= 0.3 is 0 Å². The van der Waals surface area contributed by atoms with Gasteiger partial charge in [-0.3, -0.25) is 0 Å². The molecular formula is C12H18N2. The van der Waals surface area contributed by atoms with Crippen molar-refractivity contribution < 1.29 is 0 Å². The first-order valence-corrected chi connectivity index (χ1v) is 5.28. The number of likely N-dealkylation sites (N-methyl/N-ethyl adjacent to an activating group) is 1. The first-order valence-electron chi connectivity index (χ1n) is 5.28. The van der Waals surface area contributed by atoms with Gasteiger partial charge < -0.3 is 10.2 Å². The minimum Gasteiger partial charge on any atom is -0.370 e. The van der Waals surface area contributed by atoms with E-state index >= 15 is 0 Å². The molecule has 0 bridgehead atoms. The van der Waals surface area contributed by atoms with Crippen LogP contribution in [0.2, 0.25) is 0 Å². The summed E-state index contributed by atoms with van der Waals surface area (Å²) in [4.78, 5) is 2.45. The third-order valence-corrected chi connectivity index (χ3v) is 3.00. The Bertz CT molecular complexity index is 292. The van der Waals surface area contributed by atoms with E-state index in [1.165, 1.54) is 24.2 Å². The Morgan fingerprint density at radius 1 is 1.29 bits per heavy atom. The monoisotopic (exact) mass is 190 g/mol. The van der Waals surface area contributed by atoms with E-state index in [9.17, 15) is 0 Å². The molecule has 1 heterocycles. The summed E-state index contributed by atoms with van der Waals surface area (Å²) in [6.45, 7) is 4.44. The van der Waals surface area contributed by atoms with Crippen LogP contribution in [0, 0.1) is 6.92 Å². The molecule has 2 nitrogen and oxygen atoms in total. The van der Waals surface area contributed by atoms with Crippen LogP contribution in [0.25, 0.3) is 0 Å². The maximum absolute atomic E-state index is 3.33. The summed E-state index contributed by atoms with van der Waals surface area (Å²) in [5.74, 6) is 0. The molecule has 76 valence electrons. The Hall–Kier alpha value is -1.02. The largest absolute Gasteiger partial charge is 0.370 e. The summed E-state index contributed by atoms with van der Waals surface area (Å²) < 4.78 is 0. The number of anilines is 1. The molecule has 1 N–H and O–H groups in total. The summed E-state index contributed by atoms with van der Waals surface area (Å²) in [5, 5.41) is 3.33. The van der Waals surface area contributed by atoms with Gasteiger partial charge in [0.2, 0.25) is 0 Å². The SMILES string of the molecule is CNC1CCN(c2ccc(C)cc2)C1. The Kier molecular flexibility index (Phi) is 2.73. The van der Waals surface area contributed by atoms with E-state index < -0.39 is 0 Å². The van der Waals surface area contributed by atoms with Crippen LogP contribution >= 0.6 is 0 Å². The number of hydrogen-bond donors (Lipinski definition) is 1. The molecule has 1 unspecified atom stereocenters.